The maximum atomic E-state index is 13.6. The molecule has 0 aliphatic carbocycles. The first-order valence-corrected chi connectivity index (χ1v) is 11.9. The molecular weight excluding hydrogens is 442 g/mol. The summed E-state index contributed by atoms with van der Waals surface area (Å²) in [7, 11) is -3.96. The molecule has 1 amide bonds. The Morgan fingerprint density at radius 3 is 2.06 bits per heavy atom. The smallest absolute Gasteiger partial charge is 0.289 e. The van der Waals surface area contributed by atoms with E-state index in [0.29, 0.717) is 11.1 Å². The number of carbonyl (C=O) groups is 1. The zero-order valence-electron chi connectivity index (χ0n) is 17.6. The summed E-state index contributed by atoms with van der Waals surface area (Å²) in [5, 5.41) is -0.127. The second kappa shape index (κ2) is 8.68. The Morgan fingerprint density at radius 1 is 0.818 bits per heavy atom. The van der Waals surface area contributed by atoms with E-state index in [2.05, 4.69) is 4.98 Å². The van der Waals surface area contributed by atoms with Crippen LogP contribution in [0.3, 0.4) is 0 Å². The van der Waals surface area contributed by atoms with Crippen molar-refractivity contribution in [2.45, 2.75) is 5.03 Å². The van der Waals surface area contributed by atoms with Crippen molar-refractivity contribution in [3.8, 4) is 22.8 Å². The van der Waals surface area contributed by atoms with E-state index in [-0.39, 0.29) is 54.5 Å². The van der Waals surface area contributed by atoms with Crippen molar-refractivity contribution in [3.05, 3.63) is 84.8 Å². The number of furan rings is 1. The molecule has 168 valence electrons. The molecule has 1 aliphatic heterocycles. The van der Waals surface area contributed by atoms with Crippen LogP contribution in [0.25, 0.3) is 22.8 Å². The van der Waals surface area contributed by atoms with Crippen LogP contribution in [-0.2, 0) is 10.0 Å². The van der Waals surface area contributed by atoms with Gasteiger partial charge in [-0.15, -0.1) is 0 Å². The summed E-state index contributed by atoms with van der Waals surface area (Å²) in [5.74, 6) is 0.416. The van der Waals surface area contributed by atoms with E-state index < -0.39 is 10.0 Å². The van der Waals surface area contributed by atoms with E-state index in [1.54, 1.807) is 29.2 Å². The summed E-state index contributed by atoms with van der Waals surface area (Å²) >= 11 is 0. The number of hydrogen-bond donors (Lipinski definition) is 0. The molecule has 1 aliphatic rings. The lowest BCUT2D eigenvalue weighted by molar-refractivity contribution is 0.0666. The van der Waals surface area contributed by atoms with E-state index in [9.17, 15) is 13.2 Å². The molecule has 9 heteroatoms. The van der Waals surface area contributed by atoms with Gasteiger partial charge in [0, 0.05) is 37.3 Å². The van der Waals surface area contributed by atoms with E-state index >= 15 is 0 Å². The Hall–Kier alpha value is -3.69. The van der Waals surface area contributed by atoms with Gasteiger partial charge in [-0.25, -0.2) is 8.42 Å². The van der Waals surface area contributed by atoms with Gasteiger partial charge in [0.2, 0.25) is 10.9 Å². The first-order chi connectivity index (χ1) is 16.0. The summed E-state index contributed by atoms with van der Waals surface area (Å²) in [6.45, 7) is 0.804. The van der Waals surface area contributed by atoms with Crippen LogP contribution in [0.15, 0.2) is 92.9 Å². The highest BCUT2D eigenvalue weighted by Gasteiger charge is 2.36. The molecule has 0 spiro atoms. The number of carbonyl (C=O) groups excluding carboxylic acids is 1. The van der Waals surface area contributed by atoms with Gasteiger partial charge in [-0.2, -0.15) is 9.29 Å². The van der Waals surface area contributed by atoms with Gasteiger partial charge >= 0.3 is 0 Å². The van der Waals surface area contributed by atoms with Crippen LogP contribution >= 0.6 is 0 Å². The van der Waals surface area contributed by atoms with E-state index in [0.717, 1.165) is 0 Å². The average molecular weight is 464 g/mol. The lowest BCUT2D eigenvalue weighted by atomic mass is 10.2. The molecule has 2 aromatic heterocycles. The lowest BCUT2D eigenvalue weighted by Crippen LogP contribution is -2.50. The molecule has 0 bridgehead atoms. The third kappa shape index (κ3) is 4.08. The number of amides is 1. The predicted molar refractivity (Wildman–Crippen MR) is 121 cm³/mol. The Morgan fingerprint density at radius 2 is 1.45 bits per heavy atom. The van der Waals surface area contributed by atoms with E-state index in [1.165, 1.54) is 10.6 Å². The van der Waals surface area contributed by atoms with Crippen LogP contribution in [-0.4, -0.2) is 54.7 Å². The van der Waals surface area contributed by atoms with Crippen molar-refractivity contribution < 1.29 is 22.0 Å². The maximum Gasteiger partial charge on any atom is 0.289 e. The first-order valence-electron chi connectivity index (χ1n) is 10.5. The number of sulfonamides is 1. The Balaban J connectivity index is 1.45. The number of benzene rings is 2. The second-order valence-corrected chi connectivity index (χ2v) is 9.41. The highest BCUT2D eigenvalue weighted by molar-refractivity contribution is 7.89. The van der Waals surface area contributed by atoms with Gasteiger partial charge in [0.05, 0.1) is 6.26 Å². The normalized spacial score (nSPS) is 15.0. The van der Waals surface area contributed by atoms with Crippen LogP contribution in [0.1, 0.15) is 10.6 Å². The highest BCUT2D eigenvalue weighted by Crippen LogP contribution is 2.34. The van der Waals surface area contributed by atoms with E-state index in [1.807, 2.05) is 48.5 Å². The summed E-state index contributed by atoms with van der Waals surface area (Å²) in [6.07, 6.45) is 1.44. The third-order valence-electron chi connectivity index (χ3n) is 5.49. The second-order valence-electron chi connectivity index (χ2n) is 7.56. The SMILES string of the molecule is O=C(c1ccco1)N1CCN(S(=O)(=O)c2nc(-c3ccccc3)oc2-c2ccccc2)CC1. The number of hydrogen-bond acceptors (Lipinski definition) is 6. The quantitative estimate of drug-likeness (QED) is 0.447. The molecule has 0 radical (unpaired) electrons. The summed E-state index contributed by atoms with van der Waals surface area (Å²) in [6, 6.07) is 21.5. The molecule has 3 heterocycles. The van der Waals surface area contributed by atoms with Gasteiger partial charge in [-0.1, -0.05) is 48.5 Å². The Kier molecular flexibility index (Phi) is 5.57. The molecule has 0 saturated carbocycles. The maximum absolute atomic E-state index is 13.6. The minimum absolute atomic E-state index is 0.127. The number of oxazole rings is 1. The zero-order chi connectivity index (χ0) is 22.8. The van der Waals surface area contributed by atoms with E-state index in [4.69, 9.17) is 8.83 Å². The van der Waals surface area contributed by atoms with Crippen molar-refractivity contribution in [1.82, 2.24) is 14.2 Å². The molecule has 1 saturated heterocycles. The molecular formula is C24H21N3O5S. The van der Waals surface area contributed by atoms with Crippen molar-refractivity contribution >= 4 is 15.9 Å². The molecule has 8 nitrogen and oxygen atoms in total. The minimum Gasteiger partial charge on any atom is -0.459 e. The summed E-state index contributed by atoms with van der Waals surface area (Å²) in [4.78, 5) is 18.5. The molecule has 5 rings (SSSR count). The Bertz CT molecular complexity index is 1340. The standard InChI is InChI=1S/C24H21N3O5S/c28-24(20-12-7-17-31-20)26-13-15-27(16-14-26)33(29,30)23-21(18-8-3-1-4-9-18)32-22(25-23)19-10-5-2-6-11-19/h1-12,17H,13-16H2. The molecule has 4 aromatic rings. The topological polar surface area (TPSA) is 96.9 Å². The van der Waals surface area contributed by atoms with Gasteiger partial charge in [0.15, 0.2) is 11.5 Å². The van der Waals surface area contributed by atoms with Crippen molar-refractivity contribution in [1.29, 1.82) is 0 Å². The van der Waals surface area contributed by atoms with Crippen LogP contribution in [0.4, 0.5) is 0 Å². The number of rotatable bonds is 5. The zero-order valence-corrected chi connectivity index (χ0v) is 18.4. The van der Waals surface area contributed by atoms with Crippen molar-refractivity contribution in [2.24, 2.45) is 0 Å². The molecule has 33 heavy (non-hydrogen) atoms. The summed E-state index contributed by atoms with van der Waals surface area (Å²) in [5.41, 5.74) is 1.31. The van der Waals surface area contributed by atoms with Crippen LogP contribution in [0, 0.1) is 0 Å². The van der Waals surface area contributed by atoms with Crippen molar-refractivity contribution in [3.63, 3.8) is 0 Å². The van der Waals surface area contributed by atoms with Crippen LogP contribution < -0.4 is 0 Å². The van der Waals surface area contributed by atoms with Crippen LogP contribution in [0.5, 0.6) is 0 Å². The fourth-order valence-corrected chi connectivity index (χ4v) is 5.25. The Labute approximate surface area is 191 Å². The summed E-state index contributed by atoms with van der Waals surface area (Å²) < 4.78 is 39.7. The fraction of sp³-hybridized carbons (Fsp3) is 0.167. The van der Waals surface area contributed by atoms with Gasteiger partial charge in [0.1, 0.15) is 0 Å². The monoisotopic (exact) mass is 463 g/mol. The first kappa shape index (κ1) is 21.2. The molecule has 0 atom stereocenters. The van der Waals surface area contributed by atoms with Crippen LogP contribution in [0.2, 0.25) is 0 Å². The number of nitrogens with zero attached hydrogens (tertiary/aromatic N) is 3. The largest absolute Gasteiger partial charge is 0.459 e. The lowest BCUT2D eigenvalue weighted by Gasteiger charge is -2.33. The molecule has 1 fully saturated rings. The average Bonchev–Trinajstić information content (AvgIpc) is 3.56. The third-order valence-corrected chi connectivity index (χ3v) is 7.31. The van der Waals surface area contributed by atoms with Gasteiger partial charge in [0.25, 0.3) is 15.9 Å². The molecule has 0 unspecified atom stereocenters. The number of piperazine rings is 1. The highest BCUT2D eigenvalue weighted by atomic mass is 32.2. The minimum atomic E-state index is -3.96. The van der Waals surface area contributed by atoms with Crippen molar-refractivity contribution in [2.75, 3.05) is 26.2 Å². The molecule has 0 N–H and O–H groups in total. The molecule has 2 aromatic carbocycles. The van der Waals surface area contributed by atoms with Gasteiger partial charge in [-0.3, -0.25) is 4.79 Å². The fourth-order valence-electron chi connectivity index (χ4n) is 3.77. The van der Waals surface area contributed by atoms with Gasteiger partial charge < -0.3 is 13.7 Å². The number of aromatic nitrogens is 1. The van der Waals surface area contributed by atoms with Gasteiger partial charge in [-0.05, 0) is 24.3 Å². The predicted octanol–water partition coefficient (Wildman–Crippen LogP) is 3.75.